The summed E-state index contributed by atoms with van der Waals surface area (Å²) in [7, 11) is 0. The van der Waals surface area contributed by atoms with Gasteiger partial charge in [0.05, 0.1) is 0 Å². The minimum Gasteiger partial charge on any atom is -0.311 e. The van der Waals surface area contributed by atoms with Crippen molar-refractivity contribution in [3.63, 3.8) is 0 Å². The van der Waals surface area contributed by atoms with Crippen molar-refractivity contribution in [1.82, 2.24) is 0 Å². The predicted molar refractivity (Wildman–Crippen MR) is 216 cm³/mol. The molecule has 2 heteroatoms. The van der Waals surface area contributed by atoms with Crippen LogP contribution in [0, 0.1) is 0 Å². The molecular formula is C48H35NS. The molecule has 0 unspecified atom stereocenters. The van der Waals surface area contributed by atoms with Gasteiger partial charge in [-0.3, -0.25) is 0 Å². The second kappa shape index (κ2) is 13.2. The van der Waals surface area contributed by atoms with Crippen molar-refractivity contribution >= 4 is 44.6 Å². The zero-order chi connectivity index (χ0) is 33.3. The van der Waals surface area contributed by atoms with Crippen LogP contribution in [0.25, 0.3) is 60.7 Å². The van der Waals surface area contributed by atoms with Crippen LogP contribution in [0.1, 0.15) is 16.9 Å². The van der Waals surface area contributed by atoms with Crippen molar-refractivity contribution in [3.05, 3.63) is 192 Å². The summed E-state index contributed by atoms with van der Waals surface area (Å²) in [6.45, 7) is 0. The summed E-state index contributed by atoms with van der Waals surface area (Å²) < 4.78 is 1.38. The summed E-state index contributed by atoms with van der Waals surface area (Å²) in [6.07, 6.45) is 6.88. The molecule has 50 heavy (non-hydrogen) atoms. The molecular weight excluding hydrogens is 623 g/mol. The Morgan fingerprint density at radius 3 is 1.50 bits per heavy atom. The van der Waals surface area contributed by atoms with E-state index in [2.05, 4.69) is 193 Å². The van der Waals surface area contributed by atoms with Crippen LogP contribution in [0.3, 0.4) is 0 Å². The lowest BCUT2D eigenvalue weighted by molar-refractivity contribution is 1.02. The van der Waals surface area contributed by atoms with Crippen molar-refractivity contribution in [3.8, 4) is 44.5 Å². The number of aryl methyl sites for hydroxylation is 1. The van der Waals surface area contributed by atoms with Gasteiger partial charge in [-0.1, -0.05) is 152 Å². The average Bonchev–Trinajstić information content (AvgIpc) is 3.58. The number of nitrogens with zero attached hydrogens (tertiary/aromatic N) is 1. The molecule has 0 atom stereocenters. The topological polar surface area (TPSA) is 3.24 Å². The summed E-state index contributed by atoms with van der Waals surface area (Å²) in [5.74, 6) is 0. The minimum absolute atomic E-state index is 1.11. The molecule has 0 saturated heterocycles. The van der Waals surface area contributed by atoms with E-state index in [1.165, 1.54) is 65.0 Å². The number of fused-ring (bicyclic) bond motifs is 3. The smallest absolute Gasteiger partial charge is 0.0462 e. The lowest BCUT2D eigenvalue weighted by Crippen LogP contribution is -2.09. The van der Waals surface area contributed by atoms with Crippen molar-refractivity contribution in [2.24, 2.45) is 0 Å². The number of benzene rings is 7. The van der Waals surface area contributed by atoms with E-state index in [0.29, 0.717) is 0 Å². The van der Waals surface area contributed by atoms with Gasteiger partial charge in [-0.15, -0.1) is 11.3 Å². The molecule has 0 amide bonds. The van der Waals surface area contributed by atoms with Crippen molar-refractivity contribution < 1.29 is 0 Å². The number of allylic oxidation sites excluding steroid dienone is 1. The van der Waals surface area contributed by atoms with Crippen LogP contribution < -0.4 is 4.90 Å². The number of para-hydroxylation sites is 1. The molecule has 8 aromatic rings. The second-order valence-corrected chi connectivity index (χ2v) is 13.9. The van der Waals surface area contributed by atoms with Gasteiger partial charge in [0, 0.05) is 37.6 Å². The normalized spacial score (nSPS) is 12.2. The van der Waals surface area contributed by atoms with Crippen LogP contribution in [0.4, 0.5) is 17.1 Å². The van der Waals surface area contributed by atoms with Gasteiger partial charge >= 0.3 is 0 Å². The third-order valence-corrected chi connectivity index (χ3v) is 11.1. The molecule has 0 bridgehead atoms. The Morgan fingerprint density at radius 2 is 0.900 bits per heavy atom. The molecule has 238 valence electrons. The van der Waals surface area contributed by atoms with Gasteiger partial charge in [0.1, 0.15) is 0 Å². The monoisotopic (exact) mass is 657 g/mol. The fourth-order valence-electron chi connectivity index (χ4n) is 7.25. The van der Waals surface area contributed by atoms with E-state index in [-0.39, 0.29) is 0 Å². The van der Waals surface area contributed by atoms with Crippen LogP contribution in [-0.2, 0) is 6.42 Å². The Hall–Kier alpha value is -5.96. The molecule has 0 fully saturated rings. The first-order valence-corrected chi connectivity index (χ1v) is 18.1. The first kappa shape index (κ1) is 30.1. The number of anilines is 3. The van der Waals surface area contributed by atoms with Gasteiger partial charge in [-0.05, 0) is 93.7 Å². The fraction of sp³-hybridized carbons (Fsp3) is 0.0417. The molecule has 0 N–H and O–H groups in total. The van der Waals surface area contributed by atoms with Crippen molar-refractivity contribution in [2.45, 2.75) is 12.8 Å². The zero-order valence-corrected chi connectivity index (χ0v) is 28.5. The highest BCUT2D eigenvalue weighted by atomic mass is 32.1. The average molecular weight is 658 g/mol. The van der Waals surface area contributed by atoms with E-state index in [1.807, 2.05) is 11.3 Å². The highest BCUT2D eigenvalue weighted by Gasteiger charge is 2.20. The Bertz CT molecular complexity index is 2420. The van der Waals surface area contributed by atoms with E-state index in [4.69, 9.17) is 0 Å². The standard InChI is InChI=1S/C48H35NS/c1-4-12-34(13-5-1)36-20-22-39(23-21-36)47-43(32-33-45-44-18-10-11-19-46(44)50-48(45)47)38-26-30-42(31-27-38)49(40-16-8-3-9-17-40)41-28-24-37(25-29-41)35-14-6-2-7-15-35/h1-10,12-18,20-33H,11,19H2. The molecule has 0 saturated carbocycles. The lowest BCUT2D eigenvalue weighted by Gasteiger charge is -2.26. The Kier molecular flexibility index (Phi) is 7.93. The summed E-state index contributed by atoms with van der Waals surface area (Å²) in [5.41, 5.74) is 14.7. The maximum Gasteiger partial charge on any atom is 0.0462 e. The van der Waals surface area contributed by atoms with E-state index >= 15 is 0 Å². The third kappa shape index (κ3) is 5.64. The van der Waals surface area contributed by atoms with Gasteiger partial charge in [0.25, 0.3) is 0 Å². The van der Waals surface area contributed by atoms with Gasteiger partial charge in [0.2, 0.25) is 0 Å². The maximum absolute atomic E-state index is 2.34. The van der Waals surface area contributed by atoms with Gasteiger partial charge in [-0.2, -0.15) is 0 Å². The molecule has 1 aliphatic rings. The quantitative estimate of drug-likeness (QED) is 0.165. The first-order valence-electron chi connectivity index (χ1n) is 17.3. The SMILES string of the molecule is C1=Cc2c(sc3c(-c4ccc(-c5ccccc5)cc4)c(-c4ccc(N(c5ccccc5)c5ccc(-c6ccccc6)cc5)cc4)ccc23)CC1. The van der Waals surface area contributed by atoms with E-state index < -0.39 is 0 Å². The summed E-state index contributed by atoms with van der Waals surface area (Å²) in [4.78, 5) is 3.83. The number of hydrogen-bond acceptors (Lipinski definition) is 2. The summed E-state index contributed by atoms with van der Waals surface area (Å²) in [6, 6.07) is 63.7. The number of rotatable bonds is 7. The fourth-order valence-corrected chi connectivity index (χ4v) is 8.62. The van der Waals surface area contributed by atoms with E-state index in [0.717, 1.165) is 29.9 Å². The Balaban J connectivity index is 1.13. The van der Waals surface area contributed by atoms with Crippen LogP contribution in [-0.4, -0.2) is 0 Å². The molecule has 0 radical (unpaired) electrons. The van der Waals surface area contributed by atoms with Crippen molar-refractivity contribution in [1.29, 1.82) is 0 Å². The lowest BCUT2D eigenvalue weighted by atomic mass is 9.91. The zero-order valence-electron chi connectivity index (χ0n) is 27.7. The highest BCUT2D eigenvalue weighted by Crippen LogP contribution is 2.46. The Morgan fingerprint density at radius 1 is 0.420 bits per heavy atom. The third-order valence-electron chi connectivity index (χ3n) is 9.76. The second-order valence-electron chi connectivity index (χ2n) is 12.8. The highest BCUT2D eigenvalue weighted by molar-refractivity contribution is 7.20. The van der Waals surface area contributed by atoms with Gasteiger partial charge in [-0.25, -0.2) is 0 Å². The van der Waals surface area contributed by atoms with E-state index in [9.17, 15) is 0 Å². The molecule has 7 aromatic carbocycles. The van der Waals surface area contributed by atoms with Crippen LogP contribution in [0.5, 0.6) is 0 Å². The maximum atomic E-state index is 2.34. The molecule has 1 nitrogen and oxygen atoms in total. The predicted octanol–water partition coefficient (Wildman–Crippen LogP) is 14.0. The molecule has 0 aliphatic heterocycles. The molecule has 9 rings (SSSR count). The molecule has 0 spiro atoms. The number of thiophene rings is 1. The van der Waals surface area contributed by atoms with E-state index in [1.54, 1.807) is 0 Å². The van der Waals surface area contributed by atoms with Gasteiger partial charge < -0.3 is 4.90 Å². The molecule has 1 heterocycles. The summed E-state index contributed by atoms with van der Waals surface area (Å²) in [5, 5.41) is 1.36. The molecule has 1 aliphatic carbocycles. The summed E-state index contributed by atoms with van der Waals surface area (Å²) >= 11 is 1.97. The minimum atomic E-state index is 1.11. The van der Waals surface area contributed by atoms with Crippen LogP contribution in [0.2, 0.25) is 0 Å². The van der Waals surface area contributed by atoms with Gasteiger partial charge in [0.15, 0.2) is 0 Å². The van der Waals surface area contributed by atoms with Crippen molar-refractivity contribution in [2.75, 3.05) is 4.90 Å². The van der Waals surface area contributed by atoms with Crippen LogP contribution in [0.15, 0.2) is 182 Å². The first-order chi connectivity index (χ1) is 24.8. The molecule has 1 aromatic heterocycles. The van der Waals surface area contributed by atoms with Crippen LogP contribution >= 0.6 is 11.3 Å². The Labute approximate surface area is 298 Å². The largest absolute Gasteiger partial charge is 0.311 e. The number of hydrogen-bond donors (Lipinski definition) is 0.